The number of rotatable bonds is 10. The van der Waals surface area contributed by atoms with Crippen molar-refractivity contribution in [3.8, 4) is 0 Å². The van der Waals surface area contributed by atoms with Crippen LogP contribution in [0.2, 0.25) is 0 Å². The Labute approximate surface area is 185 Å². The summed E-state index contributed by atoms with van der Waals surface area (Å²) in [7, 11) is 0. The topological polar surface area (TPSA) is 146 Å². The van der Waals surface area contributed by atoms with Crippen LogP contribution in [0.3, 0.4) is 0 Å². The van der Waals surface area contributed by atoms with Crippen molar-refractivity contribution in [2.75, 3.05) is 6.54 Å². The van der Waals surface area contributed by atoms with Gasteiger partial charge in [0.1, 0.15) is 12.1 Å². The second kappa shape index (κ2) is 11.9. The molecule has 1 aromatic carbocycles. The number of nitrogens with zero attached hydrogens (tertiary/aromatic N) is 1. The quantitative estimate of drug-likeness (QED) is 0.374. The highest BCUT2D eigenvalue weighted by Crippen LogP contribution is 1.98. The number of carbonyl (C=O) groups is 5. The molecule has 32 heavy (non-hydrogen) atoms. The summed E-state index contributed by atoms with van der Waals surface area (Å²) < 4.78 is 0. The second-order valence-electron chi connectivity index (χ2n) is 6.97. The molecule has 0 bridgehead atoms. The van der Waals surface area contributed by atoms with Crippen molar-refractivity contribution in [3.05, 3.63) is 66.0 Å². The van der Waals surface area contributed by atoms with Gasteiger partial charge in [0.15, 0.2) is 0 Å². The molecule has 0 saturated heterocycles. The number of Topliss-reactive ketones (excluding diaryl/α,β-unsaturated/α-hetero) is 1. The van der Waals surface area contributed by atoms with Gasteiger partial charge >= 0.3 is 0 Å². The van der Waals surface area contributed by atoms with Crippen molar-refractivity contribution in [2.24, 2.45) is 0 Å². The Hall–Kier alpha value is -4.08. The zero-order chi connectivity index (χ0) is 23.5. The van der Waals surface area contributed by atoms with Crippen LogP contribution < -0.4 is 21.3 Å². The maximum absolute atomic E-state index is 12.2. The number of ketones is 1. The van der Waals surface area contributed by atoms with Gasteiger partial charge in [-0.3, -0.25) is 29.0 Å². The van der Waals surface area contributed by atoms with Crippen molar-refractivity contribution in [3.63, 3.8) is 0 Å². The van der Waals surface area contributed by atoms with E-state index in [1.54, 1.807) is 12.1 Å². The van der Waals surface area contributed by atoms with Gasteiger partial charge in [0.25, 0.3) is 11.8 Å². The van der Waals surface area contributed by atoms with Crippen LogP contribution in [0, 0.1) is 0 Å². The molecule has 2 aromatic rings. The predicted octanol–water partition coefficient (Wildman–Crippen LogP) is -0.294. The zero-order valence-corrected chi connectivity index (χ0v) is 17.8. The lowest BCUT2D eigenvalue weighted by molar-refractivity contribution is -0.138. The third-order valence-electron chi connectivity index (χ3n) is 4.41. The molecule has 1 unspecified atom stereocenters. The van der Waals surface area contributed by atoms with E-state index in [1.807, 2.05) is 18.2 Å². The Morgan fingerprint density at radius 3 is 2.09 bits per heavy atom. The van der Waals surface area contributed by atoms with Crippen molar-refractivity contribution >= 4 is 29.4 Å². The molecule has 0 radical (unpaired) electrons. The number of benzene rings is 1. The minimum absolute atomic E-state index is 0.189. The molecule has 2 atom stereocenters. The van der Waals surface area contributed by atoms with E-state index in [9.17, 15) is 24.0 Å². The van der Waals surface area contributed by atoms with Gasteiger partial charge in [-0.1, -0.05) is 30.3 Å². The molecule has 0 aliphatic carbocycles. The largest absolute Gasteiger partial charge is 0.347 e. The standard InChI is InChI=1S/C22H25N5O5/c1-14(26-20(30)15(2)27-21(31)17-8-10-23-11-9-17)19(29)25-13-18(28)22(32)24-12-16-6-4-3-5-7-16/h3-11,14-15H,12-13H2,1-2H3,(H,24,32)(H,25,29)(H,26,30)(H,27,31)/t14-,15?/m0/s1. The first-order valence-electron chi connectivity index (χ1n) is 9.92. The third-order valence-corrected chi connectivity index (χ3v) is 4.41. The van der Waals surface area contributed by atoms with E-state index in [1.165, 1.54) is 38.4 Å². The number of aromatic nitrogens is 1. The van der Waals surface area contributed by atoms with Crippen LogP contribution in [0.25, 0.3) is 0 Å². The van der Waals surface area contributed by atoms with Crippen molar-refractivity contribution in [1.29, 1.82) is 0 Å². The van der Waals surface area contributed by atoms with Gasteiger partial charge < -0.3 is 21.3 Å². The predicted molar refractivity (Wildman–Crippen MR) is 115 cm³/mol. The highest BCUT2D eigenvalue weighted by atomic mass is 16.2. The molecular weight excluding hydrogens is 414 g/mol. The maximum Gasteiger partial charge on any atom is 0.289 e. The monoisotopic (exact) mass is 439 g/mol. The fourth-order valence-corrected chi connectivity index (χ4v) is 2.53. The summed E-state index contributed by atoms with van der Waals surface area (Å²) in [5, 5.41) is 9.75. The first kappa shape index (κ1) is 24.2. The first-order chi connectivity index (χ1) is 15.3. The van der Waals surface area contributed by atoms with Gasteiger partial charge in [-0.2, -0.15) is 0 Å². The van der Waals surface area contributed by atoms with Crippen LogP contribution in [-0.2, 0) is 25.7 Å². The summed E-state index contributed by atoms with van der Waals surface area (Å²) in [4.78, 5) is 64.1. The van der Waals surface area contributed by atoms with Crippen LogP contribution in [0.4, 0.5) is 0 Å². The van der Waals surface area contributed by atoms with Gasteiger partial charge in [0.2, 0.25) is 17.6 Å². The van der Waals surface area contributed by atoms with E-state index >= 15 is 0 Å². The van der Waals surface area contributed by atoms with E-state index < -0.39 is 48.0 Å². The summed E-state index contributed by atoms with van der Waals surface area (Å²) in [6, 6.07) is 10.2. The van der Waals surface area contributed by atoms with E-state index in [-0.39, 0.29) is 6.54 Å². The molecule has 10 heteroatoms. The van der Waals surface area contributed by atoms with Gasteiger partial charge in [-0.25, -0.2) is 0 Å². The second-order valence-corrected chi connectivity index (χ2v) is 6.97. The van der Waals surface area contributed by atoms with Crippen LogP contribution >= 0.6 is 0 Å². The summed E-state index contributed by atoms with van der Waals surface area (Å²) in [6.45, 7) is 2.58. The Bertz CT molecular complexity index is 965. The smallest absolute Gasteiger partial charge is 0.289 e. The van der Waals surface area contributed by atoms with Crippen molar-refractivity contribution in [1.82, 2.24) is 26.3 Å². The fraction of sp³-hybridized carbons (Fsp3) is 0.273. The molecule has 1 aromatic heterocycles. The van der Waals surface area contributed by atoms with Crippen LogP contribution in [0.15, 0.2) is 54.9 Å². The minimum atomic E-state index is -0.983. The Balaban J connectivity index is 1.73. The molecule has 0 aliphatic heterocycles. The lowest BCUT2D eigenvalue weighted by atomic mass is 10.2. The molecule has 0 spiro atoms. The summed E-state index contributed by atoms with van der Waals surface area (Å²) in [5.41, 5.74) is 1.17. The van der Waals surface area contributed by atoms with E-state index in [4.69, 9.17) is 0 Å². The molecule has 1 heterocycles. The SMILES string of the molecule is CC(NC(=O)c1ccncc1)C(=O)N[C@@H](C)C(=O)NCC(=O)C(=O)NCc1ccccc1. The highest BCUT2D eigenvalue weighted by molar-refractivity contribution is 6.37. The summed E-state index contributed by atoms with van der Waals surface area (Å²) >= 11 is 0. The number of nitrogens with one attached hydrogen (secondary N) is 4. The molecule has 168 valence electrons. The lowest BCUT2D eigenvalue weighted by Crippen LogP contribution is -2.52. The Morgan fingerprint density at radius 1 is 0.812 bits per heavy atom. The minimum Gasteiger partial charge on any atom is -0.347 e. The normalized spacial score (nSPS) is 12.1. The van der Waals surface area contributed by atoms with Gasteiger partial charge in [0, 0.05) is 24.5 Å². The van der Waals surface area contributed by atoms with Crippen molar-refractivity contribution in [2.45, 2.75) is 32.5 Å². The molecule has 2 rings (SSSR count). The molecule has 0 aliphatic rings. The maximum atomic E-state index is 12.2. The third kappa shape index (κ3) is 7.63. The summed E-state index contributed by atoms with van der Waals surface area (Å²) in [5.74, 6) is -3.32. The Kier molecular flexibility index (Phi) is 9.03. The average molecular weight is 439 g/mol. The number of pyridine rings is 1. The highest BCUT2D eigenvalue weighted by Gasteiger charge is 2.22. The van der Waals surface area contributed by atoms with Gasteiger partial charge in [-0.05, 0) is 31.5 Å². The van der Waals surface area contributed by atoms with Crippen LogP contribution in [0.5, 0.6) is 0 Å². The van der Waals surface area contributed by atoms with Gasteiger partial charge in [-0.15, -0.1) is 0 Å². The first-order valence-corrected chi connectivity index (χ1v) is 9.92. The summed E-state index contributed by atoms with van der Waals surface area (Å²) in [6.07, 6.45) is 2.91. The van der Waals surface area contributed by atoms with Crippen molar-refractivity contribution < 1.29 is 24.0 Å². The number of amides is 4. The van der Waals surface area contributed by atoms with Gasteiger partial charge in [0.05, 0.1) is 6.54 Å². The fourth-order valence-electron chi connectivity index (χ4n) is 2.53. The van der Waals surface area contributed by atoms with E-state index in [2.05, 4.69) is 26.3 Å². The molecular formula is C22H25N5O5. The molecule has 10 nitrogen and oxygen atoms in total. The number of hydrogen-bond donors (Lipinski definition) is 4. The molecule has 4 amide bonds. The Morgan fingerprint density at radius 2 is 1.44 bits per heavy atom. The van der Waals surface area contributed by atoms with E-state index in [0.29, 0.717) is 5.56 Å². The molecule has 0 fully saturated rings. The number of carbonyl (C=O) groups excluding carboxylic acids is 5. The number of hydrogen-bond acceptors (Lipinski definition) is 6. The molecule has 4 N–H and O–H groups in total. The zero-order valence-electron chi connectivity index (χ0n) is 17.8. The average Bonchev–Trinajstić information content (AvgIpc) is 2.81. The lowest BCUT2D eigenvalue weighted by Gasteiger charge is -2.18. The molecule has 0 saturated carbocycles. The van der Waals surface area contributed by atoms with Crippen LogP contribution in [-0.4, -0.2) is 53.0 Å². The van der Waals surface area contributed by atoms with Crippen LogP contribution in [0.1, 0.15) is 29.8 Å². The van der Waals surface area contributed by atoms with E-state index in [0.717, 1.165) is 5.56 Å².